The number of aliphatic hydroxyl groups is 1. The van der Waals surface area contributed by atoms with E-state index < -0.39 is 93.8 Å². The molecule has 2 aliphatic carbocycles. The smallest absolute Gasteiger partial charge is 0.341 e. The van der Waals surface area contributed by atoms with Crippen molar-refractivity contribution in [2.75, 3.05) is 44.7 Å². The van der Waals surface area contributed by atoms with E-state index in [1.54, 1.807) is 30.1 Å². The van der Waals surface area contributed by atoms with Gasteiger partial charge in [0.05, 0.1) is 52.6 Å². The summed E-state index contributed by atoms with van der Waals surface area (Å²) < 4.78 is 41.4. The van der Waals surface area contributed by atoms with Crippen molar-refractivity contribution in [2.45, 2.75) is 137 Å². The molecule has 440 valence electrons. The van der Waals surface area contributed by atoms with E-state index in [4.69, 9.17) is 18.9 Å². The number of carbonyl (C=O) groups excluding carboxylic acids is 5. The van der Waals surface area contributed by atoms with Crippen LogP contribution in [0.3, 0.4) is 0 Å². The first-order valence-corrected chi connectivity index (χ1v) is 28.5. The summed E-state index contributed by atoms with van der Waals surface area (Å²) in [5.41, 5.74) is -0.400. The predicted octanol–water partition coefficient (Wildman–Crippen LogP) is 7.45. The molecule has 10 atom stereocenters. The van der Waals surface area contributed by atoms with Gasteiger partial charge in [-0.3, -0.25) is 33.2 Å². The lowest BCUT2D eigenvalue weighted by Crippen LogP contribution is -2.47. The summed E-state index contributed by atoms with van der Waals surface area (Å²) in [5.74, 6) is -9.97. The molecule has 82 heavy (non-hydrogen) atoms. The number of anilines is 1. The molecule has 3 fully saturated rings. The van der Waals surface area contributed by atoms with Crippen LogP contribution in [0.15, 0.2) is 64.6 Å². The summed E-state index contributed by atoms with van der Waals surface area (Å²) >= 11 is 0. The highest BCUT2D eigenvalue weighted by Crippen LogP contribution is 2.50. The molecule has 0 spiro atoms. The van der Waals surface area contributed by atoms with Crippen molar-refractivity contribution in [1.29, 1.82) is 0 Å². The van der Waals surface area contributed by atoms with E-state index in [0.29, 0.717) is 49.2 Å². The van der Waals surface area contributed by atoms with Crippen molar-refractivity contribution in [3.05, 3.63) is 115 Å². The van der Waals surface area contributed by atoms with E-state index in [2.05, 4.69) is 10.6 Å². The minimum atomic E-state index is -2.10. The molecule has 5 aliphatic heterocycles. The van der Waals surface area contributed by atoms with Gasteiger partial charge < -0.3 is 54.7 Å². The van der Waals surface area contributed by atoms with Gasteiger partial charge >= 0.3 is 17.7 Å². The molecule has 20 heteroatoms. The Hall–Kier alpha value is -7.16. The number of methoxy groups -OCH3 is 1. The number of carboxylic acid groups (broad SMARTS) is 1. The number of aromatic nitrogens is 1. The fourth-order valence-electron chi connectivity index (χ4n) is 12.9. The minimum absolute atomic E-state index is 0.00730. The molecule has 19 nitrogen and oxygen atoms in total. The van der Waals surface area contributed by atoms with Gasteiger partial charge in [-0.25, -0.2) is 9.18 Å². The number of aromatic hydroxyl groups is 1. The standard InChI is InChI=1S/C62H76FN5O14/c1-29-13-12-14-30(2)59(75)65-48-51(66-22-18-40(19-23-66)64-26-38-17-21-67(27-38)50-35(7)49-41(39-15-16-39)25-42(61(77)78)60(76)68(49)28-43(50)63)55(73)45-46(54(48)72)53(71)36(8)57-47(45)58(74)62(10,82-57)80-24-20-44(79-11)34(6)56(81-37(9)69)33(5)31(3)32(4)52(29)70/h12-14,20,24-25,28-29,31-34,38-40,44,52,56,64,70-71H,15-19,21-23,26-27H2,1-11H3,(H,65,75)(H,77,78)/b13-12+,24-20+,30-14-/t29-,31+,32-,33+,34+,38+,44-,52-,56-,62-/m0/s1. The number of likely N-dealkylation sites (tertiary alicyclic amines) is 1. The summed E-state index contributed by atoms with van der Waals surface area (Å²) in [5, 5.41) is 39.6. The molecule has 0 unspecified atom stereocenters. The number of Topliss-reactive ketones (excluding diaryl/α,β-unsaturated/α-hetero) is 3. The van der Waals surface area contributed by atoms with Crippen LogP contribution in [-0.2, 0) is 23.8 Å². The number of phenolic OH excluding ortho intramolecular Hbond substituents is 1. The molecule has 1 saturated carbocycles. The summed E-state index contributed by atoms with van der Waals surface area (Å²) in [6.07, 6.45) is 9.98. The Morgan fingerprint density at radius 2 is 1.56 bits per heavy atom. The van der Waals surface area contributed by atoms with Crippen LogP contribution in [0.2, 0.25) is 0 Å². The fraction of sp³-hybridized carbons (Fsp3) is 0.532. The summed E-state index contributed by atoms with van der Waals surface area (Å²) in [6.45, 7) is 19.1. The van der Waals surface area contributed by atoms with Crippen molar-refractivity contribution >= 4 is 46.4 Å². The normalized spacial score (nSPS) is 30.0. The molecule has 5 N–H and O–H groups in total. The second-order valence-corrected chi connectivity index (χ2v) is 23.7. The lowest BCUT2D eigenvalue weighted by Gasteiger charge is -2.39. The van der Waals surface area contributed by atoms with Crippen LogP contribution in [0.25, 0.3) is 5.52 Å². The second kappa shape index (κ2) is 23.2. The number of carbonyl (C=O) groups is 6. The third-order valence-corrected chi connectivity index (χ3v) is 18.3. The van der Waals surface area contributed by atoms with Crippen LogP contribution in [0, 0.1) is 55.2 Å². The summed E-state index contributed by atoms with van der Waals surface area (Å²) in [4.78, 5) is 101. The lowest BCUT2D eigenvalue weighted by molar-refractivity contribution is -0.157. The number of hydrogen-bond donors (Lipinski definition) is 5. The van der Waals surface area contributed by atoms with E-state index in [1.807, 2.05) is 39.5 Å². The highest BCUT2D eigenvalue weighted by Gasteiger charge is 2.53. The Morgan fingerprint density at radius 1 is 0.878 bits per heavy atom. The first kappa shape index (κ1) is 59.5. The quantitative estimate of drug-likeness (QED) is 0.130. The number of aryl methyl sites for hydroxylation is 1. The zero-order valence-corrected chi connectivity index (χ0v) is 48.5. The molecule has 2 aromatic heterocycles. The number of nitrogens with one attached hydrogen (secondary N) is 2. The summed E-state index contributed by atoms with van der Waals surface area (Å²) in [7, 11) is 1.48. The number of nitrogens with zero attached hydrogens (tertiary/aromatic N) is 3. The molecule has 0 radical (unpaired) electrons. The maximum absolute atomic E-state index is 16.1. The van der Waals surface area contributed by atoms with E-state index in [-0.39, 0.29) is 93.7 Å². The van der Waals surface area contributed by atoms with Gasteiger partial charge in [0.1, 0.15) is 34.6 Å². The van der Waals surface area contributed by atoms with E-state index in [1.165, 1.54) is 53.2 Å². The number of hydrogen-bond acceptors (Lipinski definition) is 16. The Morgan fingerprint density at radius 3 is 2.21 bits per heavy atom. The number of phenols is 1. The van der Waals surface area contributed by atoms with Gasteiger partial charge in [0, 0.05) is 76.2 Å². The number of fused-ring (bicyclic) bond motifs is 15. The Kier molecular flexibility index (Phi) is 16.9. The van der Waals surface area contributed by atoms with Crippen LogP contribution >= 0.6 is 0 Å². The molecule has 1 amide bonds. The first-order valence-electron chi connectivity index (χ1n) is 28.5. The van der Waals surface area contributed by atoms with Gasteiger partial charge in [-0.15, -0.1) is 0 Å². The molecule has 2 saturated heterocycles. The van der Waals surface area contributed by atoms with Gasteiger partial charge in [-0.05, 0) is 112 Å². The topological polar surface area (TPSA) is 252 Å². The maximum Gasteiger partial charge on any atom is 0.341 e. The zero-order chi connectivity index (χ0) is 59.5. The molecule has 3 aromatic rings. The number of halogens is 1. The number of rotatable bonds is 9. The number of aromatic carboxylic acids is 1. The van der Waals surface area contributed by atoms with Gasteiger partial charge in [-0.1, -0.05) is 52.8 Å². The molecule has 7 aliphatic rings. The number of piperidine rings is 1. The average molecular weight is 1130 g/mol. The molecular weight excluding hydrogens is 1060 g/mol. The van der Waals surface area contributed by atoms with E-state index >= 15 is 14.0 Å². The van der Waals surface area contributed by atoms with Gasteiger partial charge in [0.2, 0.25) is 11.6 Å². The van der Waals surface area contributed by atoms with Crippen molar-refractivity contribution in [2.24, 2.45) is 35.5 Å². The number of ether oxygens (including phenoxy) is 4. The Labute approximate surface area is 476 Å². The predicted molar refractivity (Wildman–Crippen MR) is 302 cm³/mol. The van der Waals surface area contributed by atoms with Crippen molar-refractivity contribution in [3.8, 4) is 11.5 Å². The van der Waals surface area contributed by atoms with Crippen LogP contribution in [0.5, 0.6) is 11.5 Å². The third kappa shape index (κ3) is 10.9. The number of allylic oxidation sites excluding steroid dienone is 4. The van der Waals surface area contributed by atoms with Crippen LogP contribution in [0.1, 0.15) is 152 Å². The third-order valence-electron chi connectivity index (χ3n) is 18.3. The largest absolute Gasteiger partial charge is 0.507 e. The van der Waals surface area contributed by atoms with Crippen LogP contribution < -0.4 is 25.8 Å². The number of amides is 1. The highest BCUT2D eigenvalue weighted by molar-refractivity contribution is 6.32. The number of ketones is 3. The van der Waals surface area contributed by atoms with Crippen LogP contribution in [0.4, 0.5) is 10.1 Å². The highest BCUT2D eigenvalue weighted by atomic mass is 19.1. The number of benzene rings is 1. The number of aliphatic hydroxyl groups excluding tert-OH is 1. The van der Waals surface area contributed by atoms with Crippen molar-refractivity contribution < 1.29 is 67.4 Å². The fourth-order valence-corrected chi connectivity index (χ4v) is 12.9. The SMILES string of the molecule is CO[C@H]1/C=C/O[C@@]2(C)Oc3c(C)c(O)c4c(c3C2=O)C(=O)C(N2CCC(NC[C@H]3CCN(c5c(F)cn6c(=O)c(C(=O)O)cc(C7CC7)c6c5C)C3)CC2)=C(NC(=O)/C(C)=C\C=C\[C@H](C)[C@H](O)[C@@H](C)[C@@H](C)[C@@H](C)[C@H](OC(C)=O)[C@@H]1C)C4=O. The molecule has 5 bridgehead atoms. The maximum atomic E-state index is 16.1. The van der Waals surface area contributed by atoms with Crippen LogP contribution in [-0.4, -0.2) is 130 Å². The molecule has 10 rings (SSSR count). The minimum Gasteiger partial charge on any atom is -0.507 e. The Bertz CT molecular complexity index is 3330. The van der Waals surface area contributed by atoms with Gasteiger partial charge in [0.25, 0.3) is 17.2 Å². The summed E-state index contributed by atoms with van der Waals surface area (Å²) in [6, 6.07) is 1.40. The van der Waals surface area contributed by atoms with E-state index in [9.17, 15) is 39.3 Å². The van der Waals surface area contributed by atoms with Crippen molar-refractivity contribution in [1.82, 2.24) is 19.9 Å². The molecule has 7 heterocycles. The first-order chi connectivity index (χ1) is 38.8. The second-order valence-electron chi connectivity index (χ2n) is 23.7. The van der Waals surface area contributed by atoms with Crippen molar-refractivity contribution in [3.63, 3.8) is 0 Å². The van der Waals surface area contributed by atoms with Gasteiger partial charge in [0.15, 0.2) is 5.82 Å². The average Bonchev–Trinajstić information content (AvgIpc) is 1.70. The molecule has 1 aromatic carbocycles. The zero-order valence-electron chi connectivity index (χ0n) is 48.5. The lowest BCUT2D eigenvalue weighted by atomic mass is 9.73. The van der Waals surface area contributed by atoms with Gasteiger partial charge in [-0.2, -0.15) is 0 Å². The molecular formula is C62H76FN5O14. The number of pyridine rings is 2. The monoisotopic (exact) mass is 1130 g/mol. The Balaban J connectivity index is 0.989. The van der Waals surface area contributed by atoms with E-state index in [0.717, 1.165) is 35.4 Å². The number of esters is 1. The number of carboxylic acids is 1.